The summed E-state index contributed by atoms with van der Waals surface area (Å²) in [5.41, 5.74) is -0.278. The highest BCUT2D eigenvalue weighted by Crippen LogP contribution is 2.33. The number of halogens is 4. The highest BCUT2D eigenvalue weighted by atomic mass is 79.9. The predicted octanol–water partition coefficient (Wildman–Crippen LogP) is 2.67. The number of hydrogen-bond donors (Lipinski definition) is 0. The van der Waals surface area contributed by atoms with Crippen LogP contribution in [0.5, 0.6) is 11.6 Å². The van der Waals surface area contributed by atoms with Crippen molar-refractivity contribution in [3.8, 4) is 11.6 Å². The molecule has 0 bridgehead atoms. The Morgan fingerprint density at radius 3 is 2.47 bits per heavy atom. The summed E-state index contributed by atoms with van der Waals surface area (Å²) in [6.07, 6.45) is -4.06. The van der Waals surface area contributed by atoms with Crippen molar-refractivity contribution >= 4 is 21.9 Å². The Kier molecular flexibility index (Phi) is 4.98. The number of aromatic nitrogens is 1. The Morgan fingerprint density at radius 1 is 1.42 bits per heavy atom. The molecular weight excluding hydrogens is 335 g/mol. The van der Waals surface area contributed by atoms with E-state index in [1.807, 2.05) is 0 Å². The summed E-state index contributed by atoms with van der Waals surface area (Å²) < 4.78 is 49.8. The first-order chi connectivity index (χ1) is 8.84. The van der Waals surface area contributed by atoms with E-state index in [1.54, 1.807) is 0 Å². The highest BCUT2D eigenvalue weighted by molar-refractivity contribution is 9.08. The Bertz CT molecular complexity index is 479. The van der Waals surface area contributed by atoms with E-state index < -0.39 is 18.1 Å². The molecule has 0 unspecified atom stereocenters. The molecule has 19 heavy (non-hydrogen) atoms. The summed E-state index contributed by atoms with van der Waals surface area (Å²) in [6, 6.07) is 0. The zero-order valence-electron chi connectivity index (χ0n) is 9.88. The normalized spacial score (nSPS) is 11.1. The first-order valence-corrected chi connectivity index (χ1v) is 5.92. The molecule has 0 amide bonds. The quantitative estimate of drug-likeness (QED) is 0.621. The molecule has 1 aromatic rings. The van der Waals surface area contributed by atoms with E-state index in [2.05, 4.69) is 30.4 Å². The lowest BCUT2D eigenvalue weighted by Gasteiger charge is -2.15. The monoisotopic (exact) mass is 343 g/mol. The number of nitrogens with zero attached hydrogens (tertiary/aromatic N) is 1. The average Bonchev–Trinajstić information content (AvgIpc) is 2.35. The van der Waals surface area contributed by atoms with Gasteiger partial charge in [0.25, 0.3) is 0 Å². The molecule has 1 heterocycles. The molecule has 106 valence electrons. The van der Waals surface area contributed by atoms with Crippen molar-refractivity contribution in [3.63, 3.8) is 0 Å². The van der Waals surface area contributed by atoms with E-state index >= 15 is 0 Å². The first kappa shape index (κ1) is 15.5. The second-order valence-corrected chi connectivity index (χ2v) is 3.72. The summed E-state index contributed by atoms with van der Waals surface area (Å²) >= 11 is 2.99. The van der Waals surface area contributed by atoms with Crippen molar-refractivity contribution in [3.05, 3.63) is 17.3 Å². The molecule has 0 spiro atoms. The zero-order chi connectivity index (χ0) is 14.6. The van der Waals surface area contributed by atoms with Crippen molar-refractivity contribution in [2.75, 3.05) is 14.2 Å². The number of pyridine rings is 1. The maximum absolute atomic E-state index is 12.2. The molecule has 0 saturated heterocycles. The van der Waals surface area contributed by atoms with Gasteiger partial charge >= 0.3 is 12.3 Å². The second-order valence-electron chi connectivity index (χ2n) is 3.16. The van der Waals surface area contributed by atoms with Crippen LogP contribution in [0, 0.1) is 0 Å². The van der Waals surface area contributed by atoms with Crippen LogP contribution in [0.1, 0.15) is 15.9 Å². The molecule has 9 heteroatoms. The lowest BCUT2D eigenvalue weighted by molar-refractivity contribution is -0.275. The third kappa shape index (κ3) is 3.72. The lowest BCUT2D eigenvalue weighted by Crippen LogP contribution is -2.20. The van der Waals surface area contributed by atoms with Crippen LogP contribution >= 0.6 is 15.9 Å². The second kappa shape index (κ2) is 6.09. The van der Waals surface area contributed by atoms with Gasteiger partial charge in [0.05, 0.1) is 20.4 Å². The zero-order valence-corrected chi connectivity index (χ0v) is 11.5. The molecule has 0 aromatic carbocycles. The predicted molar refractivity (Wildman–Crippen MR) is 61.4 cm³/mol. The molecule has 1 aromatic heterocycles. The first-order valence-electron chi connectivity index (χ1n) is 4.80. The van der Waals surface area contributed by atoms with Crippen LogP contribution in [-0.4, -0.2) is 31.5 Å². The highest BCUT2D eigenvalue weighted by Gasteiger charge is 2.34. The number of methoxy groups -OCH3 is 2. The van der Waals surface area contributed by atoms with Gasteiger partial charge in [-0.25, -0.2) is 9.78 Å². The Morgan fingerprint density at radius 2 is 2.05 bits per heavy atom. The fourth-order valence-corrected chi connectivity index (χ4v) is 1.88. The summed E-state index contributed by atoms with van der Waals surface area (Å²) in [6.45, 7) is 0. The molecule has 0 fully saturated rings. The molecule has 5 nitrogen and oxygen atoms in total. The number of carbonyl (C=O) groups excluding carboxylic acids is 1. The number of esters is 1. The van der Waals surface area contributed by atoms with Crippen LogP contribution in [0.15, 0.2) is 6.20 Å². The Labute approximate surface area is 114 Å². The molecule has 1 rings (SSSR count). The van der Waals surface area contributed by atoms with Gasteiger partial charge in [-0.3, -0.25) is 0 Å². The summed E-state index contributed by atoms with van der Waals surface area (Å²) in [4.78, 5) is 15.2. The fourth-order valence-electron chi connectivity index (χ4n) is 1.32. The van der Waals surface area contributed by atoms with Crippen LogP contribution < -0.4 is 9.47 Å². The van der Waals surface area contributed by atoms with Gasteiger partial charge in [-0.1, -0.05) is 15.9 Å². The smallest absolute Gasteiger partial charge is 0.480 e. The topological polar surface area (TPSA) is 57.7 Å². The van der Waals surface area contributed by atoms with Gasteiger partial charge < -0.3 is 14.2 Å². The van der Waals surface area contributed by atoms with E-state index in [0.717, 1.165) is 13.3 Å². The third-order valence-electron chi connectivity index (χ3n) is 2.05. The average molecular weight is 344 g/mol. The fraction of sp³-hybridized carbons (Fsp3) is 0.400. The van der Waals surface area contributed by atoms with Crippen molar-refractivity contribution in [1.29, 1.82) is 0 Å². The maximum Gasteiger partial charge on any atom is 0.573 e. The third-order valence-corrected chi connectivity index (χ3v) is 2.62. The van der Waals surface area contributed by atoms with Gasteiger partial charge in [0.1, 0.15) is 5.56 Å². The van der Waals surface area contributed by atoms with E-state index in [-0.39, 0.29) is 22.3 Å². The maximum atomic E-state index is 12.2. The Balaban J connectivity index is 3.40. The van der Waals surface area contributed by atoms with E-state index in [0.29, 0.717) is 0 Å². The molecule has 0 N–H and O–H groups in total. The number of alkyl halides is 4. The van der Waals surface area contributed by atoms with E-state index in [1.165, 1.54) is 7.11 Å². The van der Waals surface area contributed by atoms with Gasteiger partial charge in [-0.15, -0.1) is 13.2 Å². The van der Waals surface area contributed by atoms with Crippen LogP contribution in [-0.2, 0) is 10.1 Å². The number of hydrogen-bond acceptors (Lipinski definition) is 5. The van der Waals surface area contributed by atoms with Gasteiger partial charge in [-0.05, 0) is 0 Å². The van der Waals surface area contributed by atoms with Crippen molar-refractivity contribution in [2.24, 2.45) is 0 Å². The minimum atomic E-state index is -4.89. The molecule has 0 saturated carbocycles. The van der Waals surface area contributed by atoms with Crippen LogP contribution in [0.3, 0.4) is 0 Å². The summed E-state index contributed by atoms with van der Waals surface area (Å²) in [7, 11) is 2.33. The molecular formula is C10H9BrF3NO4. The van der Waals surface area contributed by atoms with Gasteiger partial charge in [0, 0.05) is 10.9 Å². The number of rotatable bonds is 4. The van der Waals surface area contributed by atoms with Crippen LogP contribution in [0.25, 0.3) is 0 Å². The Hall–Kier alpha value is -1.51. The SMILES string of the molecule is COC(=O)c1c(OC)ncc(OC(F)(F)F)c1CBr. The minimum Gasteiger partial charge on any atom is -0.480 e. The van der Waals surface area contributed by atoms with Crippen molar-refractivity contribution in [1.82, 2.24) is 4.98 Å². The molecule has 0 atom stereocenters. The van der Waals surface area contributed by atoms with Crippen LogP contribution in [0.4, 0.5) is 13.2 Å². The van der Waals surface area contributed by atoms with E-state index in [9.17, 15) is 18.0 Å². The summed E-state index contributed by atoms with van der Waals surface area (Å²) in [5, 5.41) is -0.0677. The number of ether oxygens (including phenoxy) is 3. The molecule has 0 radical (unpaired) electrons. The van der Waals surface area contributed by atoms with Crippen LogP contribution in [0.2, 0.25) is 0 Å². The summed E-state index contributed by atoms with van der Waals surface area (Å²) in [5.74, 6) is -1.60. The van der Waals surface area contributed by atoms with Crippen molar-refractivity contribution in [2.45, 2.75) is 11.7 Å². The van der Waals surface area contributed by atoms with Gasteiger partial charge in [0.15, 0.2) is 5.75 Å². The van der Waals surface area contributed by atoms with Gasteiger partial charge in [-0.2, -0.15) is 0 Å². The largest absolute Gasteiger partial charge is 0.573 e. The lowest BCUT2D eigenvalue weighted by atomic mass is 10.1. The number of carbonyl (C=O) groups is 1. The molecule has 0 aliphatic heterocycles. The van der Waals surface area contributed by atoms with Crippen molar-refractivity contribution < 1.29 is 32.2 Å². The standard InChI is InChI=1S/C10H9BrF3NO4/c1-17-8-7(9(16)18-2)5(3-11)6(4-15-8)19-10(12,13)14/h4H,3H2,1-2H3. The molecule has 0 aliphatic rings. The van der Waals surface area contributed by atoms with E-state index in [4.69, 9.17) is 4.74 Å². The molecule has 0 aliphatic carbocycles. The minimum absolute atomic E-state index is 0.0592. The van der Waals surface area contributed by atoms with Gasteiger partial charge in [0.2, 0.25) is 5.88 Å².